The summed E-state index contributed by atoms with van der Waals surface area (Å²) >= 11 is 5.74. The SMILES string of the molecule is CC(C)(CNc1cc(N)cc(Cl)n1)S(C)(=O)=O. The molecule has 7 heteroatoms. The fourth-order valence-electron chi connectivity index (χ4n) is 1.04. The molecular weight excluding hydrogens is 262 g/mol. The molecule has 0 unspecified atom stereocenters. The van der Waals surface area contributed by atoms with Crippen LogP contribution in [0.15, 0.2) is 12.1 Å². The second-order valence-electron chi connectivity index (χ2n) is 4.49. The zero-order valence-corrected chi connectivity index (χ0v) is 11.6. The van der Waals surface area contributed by atoms with E-state index in [0.717, 1.165) is 0 Å². The van der Waals surface area contributed by atoms with Crippen LogP contribution in [0.1, 0.15) is 13.8 Å². The number of nitrogens with one attached hydrogen (secondary N) is 1. The minimum Gasteiger partial charge on any atom is -0.399 e. The standard InChI is InChI=1S/C10H16ClN3O2S/c1-10(2,17(3,15)16)6-13-9-5-7(12)4-8(11)14-9/h4-5H,6H2,1-3H3,(H3,12,13,14). The quantitative estimate of drug-likeness (QED) is 0.816. The Morgan fingerprint density at radius 3 is 2.53 bits per heavy atom. The third-order valence-electron chi connectivity index (χ3n) is 2.52. The zero-order valence-electron chi connectivity index (χ0n) is 9.99. The maximum atomic E-state index is 11.5. The van der Waals surface area contributed by atoms with Crippen LogP contribution in [0.25, 0.3) is 0 Å². The van der Waals surface area contributed by atoms with E-state index in [2.05, 4.69) is 10.3 Å². The van der Waals surface area contributed by atoms with Crippen LogP contribution in [0.4, 0.5) is 11.5 Å². The Balaban J connectivity index is 2.81. The van der Waals surface area contributed by atoms with Gasteiger partial charge in [0.1, 0.15) is 11.0 Å². The van der Waals surface area contributed by atoms with E-state index >= 15 is 0 Å². The summed E-state index contributed by atoms with van der Waals surface area (Å²) in [7, 11) is -3.15. The van der Waals surface area contributed by atoms with Crippen molar-refractivity contribution in [3.63, 3.8) is 0 Å². The number of nitrogens with two attached hydrogens (primary N) is 1. The summed E-state index contributed by atoms with van der Waals surface area (Å²) in [5, 5.41) is 3.19. The highest BCUT2D eigenvalue weighted by atomic mass is 35.5. The molecule has 0 aliphatic carbocycles. The second-order valence-corrected chi connectivity index (χ2v) is 7.53. The van der Waals surface area contributed by atoms with E-state index < -0.39 is 14.6 Å². The molecule has 96 valence electrons. The number of nitrogens with zero attached hydrogens (tertiary/aromatic N) is 1. The fraction of sp³-hybridized carbons (Fsp3) is 0.500. The largest absolute Gasteiger partial charge is 0.399 e. The van der Waals surface area contributed by atoms with Gasteiger partial charge < -0.3 is 11.1 Å². The van der Waals surface area contributed by atoms with Gasteiger partial charge >= 0.3 is 0 Å². The van der Waals surface area contributed by atoms with Crippen LogP contribution in [-0.2, 0) is 9.84 Å². The summed E-state index contributed by atoms with van der Waals surface area (Å²) in [6, 6.07) is 3.12. The minimum atomic E-state index is -3.15. The predicted molar refractivity (Wildman–Crippen MR) is 71.1 cm³/mol. The number of hydrogen-bond acceptors (Lipinski definition) is 5. The Hall–Kier alpha value is -1.01. The van der Waals surface area contributed by atoms with Crippen LogP contribution in [0.3, 0.4) is 0 Å². The van der Waals surface area contributed by atoms with Crippen molar-refractivity contribution < 1.29 is 8.42 Å². The van der Waals surface area contributed by atoms with E-state index in [1.54, 1.807) is 19.9 Å². The van der Waals surface area contributed by atoms with Crippen molar-refractivity contribution in [3.8, 4) is 0 Å². The lowest BCUT2D eigenvalue weighted by atomic mass is 10.2. The molecule has 3 N–H and O–H groups in total. The molecule has 0 spiro atoms. The second kappa shape index (κ2) is 4.70. The van der Waals surface area contributed by atoms with Gasteiger partial charge in [-0.2, -0.15) is 0 Å². The van der Waals surface area contributed by atoms with E-state index in [0.29, 0.717) is 11.5 Å². The summed E-state index contributed by atoms with van der Waals surface area (Å²) in [6.07, 6.45) is 1.20. The number of hydrogen-bond donors (Lipinski definition) is 2. The lowest BCUT2D eigenvalue weighted by Gasteiger charge is -2.23. The first-order valence-electron chi connectivity index (χ1n) is 4.98. The molecule has 1 rings (SSSR count). The van der Waals surface area contributed by atoms with E-state index in [-0.39, 0.29) is 11.7 Å². The Bertz CT molecular complexity index is 494. The van der Waals surface area contributed by atoms with Crippen molar-refractivity contribution in [1.82, 2.24) is 4.98 Å². The monoisotopic (exact) mass is 277 g/mol. The number of sulfone groups is 1. The van der Waals surface area contributed by atoms with E-state index in [1.165, 1.54) is 12.3 Å². The van der Waals surface area contributed by atoms with Crippen molar-refractivity contribution in [3.05, 3.63) is 17.3 Å². The van der Waals surface area contributed by atoms with Gasteiger partial charge in [-0.25, -0.2) is 13.4 Å². The summed E-state index contributed by atoms with van der Waals surface area (Å²) < 4.78 is 22.1. The maximum Gasteiger partial charge on any atom is 0.154 e. The van der Waals surface area contributed by atoms with E-state index in [9.17, 15) is 8.42 Å². The Morgan fingerprint density at radius 1 is 1.47 bits per heavy atom. The molecule has 0 aromatic carbocycles. The minimum absolute atomic E-state index is 0.235. The van der Waals surface area contributed by atoms with Crippen LogP contribution in [-0.4, -0.2) is 30.9 Å². The maximum absolute atomic E-state index is 11.5. The van der Waals surface area contributed by atoms with Gasteiger partial charge in [0, 0.05) is 24.6 Å². The molecule has 0 bridgehead atoms. The number of rotatable bonds is 4. The topological polar surface area (TPSA) is 85.1 Å². The third-order valence-corrected chi connectivity index (χ3v) is 4.86. The number of anilines is 2. The highest BCUT2D eigenvalue weighted by Gasteiger charge is 2.29. The van der Waals surface area contributed by atoms with Gasteiger partial charge in [-0.15, -0.1) is 0 Å². The molecule has 1 aromatic heterocycles. The van der Waals surface area contributed by atoms with Gasteiger partial charge in [0.15, 0.2) is 9.84 Å². The highest BCUT2D eigenvalue weighted by molar-refractivity contribution is 7.92. The first-order valence-corrected chi connectivity index (χ1v) is 7.25. The summed E-state index contributed by atoms with van der Waals surface area (Å²) in [4.78, 5) is 4.00. The Labute approximate surface area is 106 Å². The molecule has 0 saturated heterocycles. The van der Waals surface area contributed by atoms with Crippen LogP contribution < -0.4 is 11.1 Å². The molecule has 0 atom stereocenters. The van der Waals surface area contributed by atoms with Crippen molar-refractivity contribution in [2.45, 2.75) is 18.6 Å². The lowest BCUT2D eigenvalue weighted by Crippen LogP contribution is -2.38. The smallest absolute Gasteiger partial charge is 0.154 e. The van der Waals surface area contributed by atoms with Gasteiger partial charge in [-0.3, -0.25) is 0 Å². The van der Waals surface area contributed by atoms with Gasteiger partial charge in [0.2, 0.25) is 0 Å². The van der Waals surface area contributed by atoms with Crippen molar-refractivity contribution >= 4 is 32.9 Å². The summed E-state index contributed by atoms with van der Waals surface area (Å²) in [5.74, 6) is 0.465. The molecule has 1 heterocycles. The lowest BCUT2D eigenvalue weighted by molar-refractivity contribution is 0.559. The number of halogens is 1. The molecule has 17 heavy (non-hydrogen) atoms. The van der Waals surface area contributed by atoms with Crippen LogP contribution in [0.5, 0.6) is 0 Å². The fourth-order valence-corrected chi connectivity index (χ4v) is 1.59. The van der Waals surface area contributed by atoms with Crippen LogP contribution >= 0.6 is 11.6 Å². The molecule has 1 aromatic rings. The average Bonchev–Trinajstić information content (AvgIpc) is 2.11. The Morgan fingerprint density at radius 2 is 2.06 bits per heavy atom. The molecule has 0 aliphatic rings. The van der Waals surface area contributed by atoms with Gasteiger partial charge in [0.25, 0.3) is 0 Å². The molecule has 5 nitrogen and oxygen atoms in total. The van der Waals surface area contributed by atoms with E-state index in [4.69, 9.17) is 17.3 Å². The number of nitrogen functional groups attached to an aromatic ring is 1. The van der Waals surface area contributed by atoms with Crippen molar-refractivity contribution in [1.29, 1.82) is 0 Å². The predicted octanol–water partition coefficient (Wildman–Crippen LogP) is 1.55. The van der Waals surface area contributed by atoms with Crippen LogP contribution in [0.2, 0.25) is 5.15 Å². The molecular formula is C10H16ClN3O2S. The van der Waals surface area contributed by atoms with Gasteiger partial charge in [-0.1, -0.05) is 11.6 Å². The van der Waals surface area contributed by atoms with Gasteiger partial charge in [0.05, 0.1) is 4.75 Å². The molecule has 0 saturated carbocycles. The summed E-state index contributed by atoms with van der Waals surface area (Å²) in [6.45, 7) is 3.52. The number of pyridine rings is 1. The molecule has 0 aliphatic heterocycles. The molecule has 0 amide bonds. The third kappa shape index (κ3) is 3.74. The van der Waals surface area contributed by atoms with Crippen molar-refractivity contribution in [2.24, 2.45) is 0 Å². The molecule has 0 fully saturated rings. The van der Waals surface area contributed by atoms with Crippen LogP contribution in [0, 0.1) is 0 Å². The molecule has 0 radical (unpaired) electrons. The average molecular weight is 278 g/mol. The highest BCUT2D eigenvalue weighted by Crippen LogP contribution is 2.19. The van der Waals surface area contributed by atoms with Crippen molar-refractivity contribution in [2.75, 3.05) is 23.9 Å². The van der Waals surface area contributed by atoms with E-state index in [1.807, 2.05) is 0 Å². The first kappa shape index (κ1) is 14.1. The van der Waals surface area contributed by atoms with Gasteiger partial charge in [-0.05, 0) is 19.9 Å². The number of aromatic nitrogens is 1. The zero-order chi connectivity index (χ0) is 13.3. The Kier molecular flexibility index (Phi) is 3.88. The normalized spacial score (nSPS) is 12.5. The summed E-state index contributed by atoms with van der Waals surface area (Å²) in [5.41, 5.74) is 6.08. The first-order chi connectivity index (χ1) is 7.62.